The van der Waals surface area contributed by atoms with E-state index in [1.54, 1.807) is 0 Å². The largest absolute Gasteiger partial charge is 0.350 e. The van der Waals surface area contributed by atoms with Gasteiger partial charge in [0.25, 0.3) is 0 Å². The fraction of sp³-hybridized carbons (Fsp3) is 0.867. The molecule has 0 radical (unpaired) electrons. The third-order valence-electron chi connectivity index (χ3n) is 4.65. The van der Waals surface area contributed by atoms with E-state index in [2.05, 4.69) is 15.5 Å². The highest BCUT2D eigenvalue weighted by molar-refractivity contribution is 5.87. The Balaban J connectivity index is 0.00000242. The average Bonchev–Trinajstić information content (AvgIpc) is 2.87. The van der Waals surface area contributed by atoms with E-state index in [0.717, 1.165) is 25.9 Å². The van der Waals surface area contributed by atoms with Gasteiger partial charge in [-0.1, -0.05) is 20.3 Å². The molecule has 0 aromatic heterocycles. The highest BCUT2D eigenvalue weighted by atomic mass is 35.5. The quantitative estimate of drug-likeness (QED) is 0.665. The van der Waals surface area contributed by atoms with Crippen LogP contribution in [0.3, 0.4) is 0 Å². The smallest absolute Gasteiger partial charge is 0.239 e. The number of hydrogen-bond donors (Lipinski definition) is 3. The molecule has 0 saturated carbocycles. The van der Waals surface area contributed by atoms with Crippen LogP contribution in [0.4, 0.5) is 0 Å². The molecule has 136 valence electrons. The fourth-order valence-electron chi connectivity index (χ4n) is 3.26. The number of piperidine rings is 1. The zero-order valence-corrected chi connectivity index (χ0v) is 15.5. The molecule has 2 aliphatic rings. The summed E-state index contributed by atoms with van der Waals surface area (Å²) in [5.41, 5.74) is 5.75. The number of nitrogens with one attached hydrogen (secondary N) is 2. The molecule has 0 aromatic carbocycles. The maximum atomic E-state index is 12.0. The van der Waals surface area contributed by atoms with Crippen LogP contribution in [-0.2, 0) is 9.59 Å². The van der Waals surface area contributed by atoms with Gasteiger partial charge in [0.1, 0.15) is 0 Å². The summed E-state index contributed by atoms with van der Waals surface area (Å²) in [5.74, 6) is -0.304. The monoisotopic (exact) mass is 368 g/mol. The standard InChI is InChI=1S/C15H28N4O2.2ClH/c1-10(2)14(16)15(21)17-9-13(20)18-11-6-8-19-7-4-3-5-12(11)19;;/h10-12,14H,3-9,16H2,1-2H3,(H,17,21)(H,18,20);2*1H/t11?,12?,14-;;/m0../s1. The summed E-state index contributed by atoms with van der Waals surface area (Å²) in [7, 11) is 0. The predicted octanol–water partition coefficient (Wildman–Crippen LogP) is 0.672. The molecule has 2 saturated heterocycles. The highest BCUT2D eigenvalue weighted by Crippen LogP contribution is 2.26. The van der Waals surface area contributed by atoms with Crippen molar-refractivity contribution in [2.45, 2.75) is 57.7 Å². The van der Waals surface area contributed by atoms with Crippen LogP contribution in [-0.4, -0.2) is 54.5 Å². The van der Waals surface area contributed by atoms with Crippen LogP contribution in [0.1, 0.15) is 39.5 Å². The van der Waals surface area contributed by atoms with E-state index in [0.29, 0.717) is 6.04 Å². The molecule has 4 N–H and O–H groups in total. The summed E-state index contributed by atoms with van der Waals surface area (Å²) in [6.07, 6.45) is 4.68. The van der Waals surface area contributed by atoms with Crippen LogP contribution in [0, 0.1) is 5.92 Å². The molecule has 2 aliphatic heterocycles. The first-order valence-corrected chi connectivity index (χ1v) is 8.05. The second-order valence-electron chi connectivity index (χ2n) is 6.55. The second-order valence-corrected chi connectivity index (χ2v) is 6.55. The number of fused-ring (bicyclic) bond motifs is 1. The molecule has 8 heteroatoms. The number of carbonyl (C=O) groups excluding carboxylic acids is 2. The number of halogens is 2. The van der Waals surface area contributed by atoms with Gasteiger partial charge in [-0.25, -0.2) is 0 Å². The van der Waals surface area contributed by atoms with Gasteiger partial charge >= 0.3 is 0 Å². The van der Waals surface area contributed by atoms with Gasteiger partial charge in [-0.3, -0.25) is 14.5 Å². The van der Waals surface area contributed by atoms with E-state index in [1.807, 2.05) is 13.8 Å². The van der Waals surface area contributed by atoms with E-state index in [1.165, 1.54) is 12.8 Å². The van der Waals surface area contributed by atoms with Gasteiger partial charge in [0, 0.05) is 18.6 Å². The molecule has 3 atom stereocenters. The first kappa shape index (κ1) is 22.4. The maximum Gasteiger partial charge on any atom is 0.239 e. The van der Waals surface area contributed by atoms with Crippen molar-refractivity contribution in [1.82, 2.24) is 15.5 Å². The number of nitrogens with two attached hydrogens (primary N) is 1. The minimum absolute atomic E-state index is 0. The van der Waals surface area contributed by atoms with Crippen LogP contribution < -0.4 is 16.4 Å². The Labute approximate surface area is 151 Å². The van der Waals surface area contributed by atoms with Crippen molar-refractivity contribution in [3.8, 4) is 0 Å². The van der Waals surface area contributed by atoms with Gasteiger partial charge in [-0.15, -0.1) is 24.8 Å². The third-order valence-corrected chi connectivity index (χ3v) is 4.65. The van der Waals surface area contributed by atoms with Crippen molar-refractivity contribution in [2.24, 2.45) is 11.7 Å². The third kappa shape index (κ3) is 6.10. The lowest BCUT2D eigenvalue weighted by Crippen LogP contribution is -2.51. The predicted molar refractivity (Wildman–Crippen MR) is 96.1 cm³/mol. The summed E-state index contributed by atoms with van der Waals surface area (Å²) in [4.78, 5) is 26.2. The molecule has 6 nitrogen and oxygen atoms in total. The molecular weight excluding hydrogens is 339 g/mol. The number of carbonyl (C=O) groups is 2. The zero-order chi connectivity index (χ0) is 15.4. The van der Waals surface area contributed by atoms with Crippen LogP contribution in [0.5, 0.6) is 0 Å². The van der Waals surface area contributed by atoms with Crippen LogP contribution in [0.25, 0.3) is 0 Å². The Morgan fingerprint density at radius 2 is 1.87 bits per heavy atom. The first-order chi connectivity index (χ1) is 9.99. The van der Waals surface area contributed by atoms with Gasteiger partial charge in [0.15, 0.2) is 0 Å². The zero-order valence-electron chi connectivity index (χ0n) is 13.9. The molecular formula is C15H30Cl2N4O2. The molecule has 2 heterocycles. The molecule has 2 fully saturated rings. The topological polar surface area (TPSA) is 87.5 Å². The lowest BCUT2D eigenvalue weighted by molar-refractivity contribution is -0.127. The average molecular weight is 369 g/mol. The van der Waals surface area contributed by atoms with Gasteiger partial charge < -0.3 is 16.4 Å². The van der Waals surface area contributed by atoms with Crippen LogP contribution >= 0.6 is 24.8 Å². The summed E-state index contributed by atoms with van der Waals surface area (Å²) in [5, 5.41) is 5.69. The maximum absolute atomic E-state index is 12.0. The Hall–Kier alpha value is -0.560. The van der Waals surface area contributed by atoms with E-state index < -0.39 is 6.04 Å². The second kappa shape index (κ2) is 10.3. The van der Waals surface area contributed by atoms with E-state index >= 15 is 0 Å². The lowest BCUT2D eigenvalue weighted by Gasteiger charge is -2.32. The first-order valence-electron chi connectivity index (χ1n) is 8.05. The van der Waals surface area contributed by atoms with Gasteiger partial charge in [-0.2, -0.15) is 0 Å². The van der Waals surface area contributed by atoms with Crippen molar-refractivity contribution in [3.05, 3.63) is 0 Å². The number of nitrogens with zero attached hydrogens (tertiary/aromatic N) is 1. The lowest BCUT2D eigenvalue weighted by atomic mass is 9.99. The summed E-state index contributed by atoms with van der Waals surface area (Å²) in [6, 6.07) is 0.155. The highest BCUT2D eigenvalue weighted by Gasteiger charge is 2.36. The Morgan fingerprint density at radius 1 is 1.17 bits per heavy atom. The van der Waals surface area contributed by atoms with Crippen molar-refractivity contribution in [1.29, 1.82) is 0 Å². The fourth-order valence-corrected chi connectivity index (χ4v) is 3.26. The Morgan fingerprint density at radius 3 is 2.52 bits per heavy atom. The van der Waals surface area contributed by atoms with Gasteiger partial charge in [-0.05, 0) is 31.7 Å². The molecule has 0 spiro atoms. The molecule has 0 aliphatic carbocycles. The van der Waals surface area contributed by atoms with Crippen LogP contribution in [0.2, 0.25) is 0 Å². The van der Waals surface area contributed by atoms with Crippen molar-refractivity contribution in [2.75, 3.05) is 19.6 Å². The summed E-state index contributed by atoms with van der Waals surface area (Å²) in [6.45, 7) is 6.01. The number of amides is 2. The molecule has 0 aromatic rings. The van der Waals surface area contributed by atoms with Crippen LogP contribution in [0.15, 0.2) is 0 Å². The molecule has 0 bridgehead atoms. The summed E-state index contributed by atoms with van der Waals surface area (Å²) >= 11 is 0. The molecule has 2 amide bonds. The van der Waals surface area contributed by atoms with Gasteiger partial charge in [0.2, 0.25) is 11.8 Å². The number of hydrogen-bond acceptors (Lipinski definition) is 4. The van der Waals surface area contributed by atoms with Crippen molar-refractivity contribution >= 4 is 36.6 Å². The summed E-state index contributed by atoms with van der Waals surface area (Å²) < 4.78 is 0. The van der Waals surface area contributed by atoms with E-state index in [4.69, 9.17) is 5.73 Å². The van der Waals surface area contributed by atoms with Crippen molar-refractivity contribution < 1.29 is 9.59 Å². The Bertz CT molecular complexity index is 396. The Kier molecular flexibility index (Phi) is 10.1. The molecule has 2 rings (SSSR count). The minimum atomic E-state index is -0.557. The molecule has 2 unspecified atom stereocenters. The number of rotatable bonds is 5. The minimum Gasteiger partial charge on any atom is -0.350 e. The van der Waals surface area contributed by atoms with Gasteiger partial charge in [0.05, 0.1) is 12.6 Å². The normalized spacial score (nSPS) is 24.9. The van der Waals surface area contributed by atoms with Crippen molar-refractivity contribution in [3.63, 3.8) is 0 Å². The molecule has 23 heavy (non-hydrogen) atoms. The van der Waals surface area contributed by atoms with E-state index in [-0.39, 0.29) is 55.1 Å². The van der Waals surface area contributed by atoms with E-state index in [9.17, 15) is 9.59 Å². The SMILES string of the molecule is CC(C)[C@H](N)C(=O)NCC(=O)NC1CCN2CCCCC12.Cl.Cl.